The standard InChI is InChI=1S/C22H20N4O4S/c1-15-25-26-22(31-15)24-21(27)17(14-23)13-16-3-5-19(6-4-16)29-11-12-30-20-9-7-18(28-2)8-10-20/h3-10,13H,11-12H2,1-2H3,(H,24,26,27)/b17-13-. The fourth-order valence-electron chi connectivity index (χ4n) is 2.48. The monoisotopic (exact) mass is 436 g/mol. The van der Waals surface area contributed by atoms with Crippen LogP contribution < -0.4 is 19.5 Å². The molecule has 0 radical (unpaired) electrons. The van der Waals surface area contributed by atoms with Crippen molar-refractivity contribution in [2.75, 3.05) is 25.6 Å². The number of ether oxygens (including phenoxy) is 3. The maximum absolute atomic E-state index is 12.2. The van der Waals surface area contributed by atoms with Gasteiger partial charge in [-0.1, -0.05) is 23.5 Å². The van der Waals surface area contributed by atoms with Gasteiger partial charge in [0.1, 0.15) is 47.1 Å². The lowest BCUT2D eigenvalue weighted by Crippen LogP contribution is -2.13. The molecular weight excluding hydrogens is 416 g/mol. The molecule has 31 heavy (non-hydrogen) atoms. The van der Waals surface area contributed by atoms with Crippen molar-refractivity contribution in [3.63, 3.8) is 0 Å². The zero-order valence-corrected chi connectivity index (χ0v) is 17.8. The molecule has 0 spiro atoms. The van der Waals surface area contributed by atoms with E-state index in [1.807, 2.05) is 30.3 Å². The molecule has 3 rings (SSSR count). The van der Waals surface area contributed by atoms with Gasteiger partial charge >= 0.3 is 0 Å². The lowest BCUT2D eigenvalue weighted by molar-refractivity contribution is -0.112. The molecule has 0 bridgehead atoms. The molecule has 1 N–H and O–H groups in total. The summed E-state index contributed by atoms with van der Waals surface area (Å²) in [4.78, 5) is 12.2. The average Bonchev–Trinajstić information content (AvgIpc) is 3.20. The first kappa shape index (κ1) is 21.8. The van der Waals surface area contributed by atoms with Gasteiger partial charge in [-0.05, 0) is 55.0 Å². The van der Waals surface area contributed by atoms with E-state index >= 15 is 0 Å². The zero-order chi connectivity index (χ0) is 22.1. The van der Waals surface area contributed by atoms with Gasteiger partial charge < -0.3 is 14.2 Å². The van der Waals surface area contributed by atoms with Gasteiger partial charge in [0.15, 0.2) is 0 Å². The molecule has 0 saturated heterocycles. The Morgan fingerprint density at radius 1 is 1.03 bits per heavy atom. The molecule has 2 aromatic carbocycles. The smallest absolute Gasteiger partial charge is 0.268 e. The first-order valence-corrected chi connectivity index (χ1v) is 10.1. The predicted molar refractivity (Wildman–Crippen MR) is 117 cm³/mol. The summed E-state index contributed by atoms with van der Waals surface area (Å²) in [7, 11) is 1.61. The fourth-order valence-corrected chi connectivity index (χ4v) is 3.06. The lowest BCUT2D eigenvalue weighted by atomic mass is 10.1. The molecular formula is C22H20N4O4S. The van der Waals surface area contributed by atoms with Gasteiger partial charge in [0, 0.05) is 0 Å². The largest absolute Gasteiger partial charge is 0.497 e. The Hall–Kier alpha value is -3.90. The first-order valence-electron chi connectivity index (χ1n) is 9.30. The van der Waals surface area contributed by atoms with Gasteiger partial charge in [0.2, 0.25) is 5.13 Å². The molecule has 1 aromatic heterocycles. The molecule has 1 amide bonds. The van der Waals surface area contributed by atoms with Gasteiger partial charge in [-0.3, -0.25) is 10.1 Å². The average molecular weight is 436 g/mol. The van der Waals surface area contributed by atoms with E-state index in [1.54, 1.807) is 38.3 Å². The molecule has 0 aliphatic heterocycles. The Labute approximate surface area is 183 Å². The molecule has 0 aliphatic rings. The summed E-state index contributed by atoms with van der Waals surface area (Å²) in [5.74, 6) is 1.62. The SMILES string of the molecule is COc1ccc(OCCOc2ccc(/C=C(/C#N)C(=O)Nc3nnc(C)s3)cc2)cc1. The number of carbonyl (C=O) groups is 1. The van der Waals surface area contributed by atoms with Gasteiger partial charge in [-0.25, -0.2) is 0 Å². The number of nitrogens with one attached hydrogen (secondary N) is 1. The van der Waals surface area contributed by atoms with E-state index in [9.17, 15) is 10.1 Å². The number of benzene rings is 2. The highest BCUT2D eigenvalue weighted by atomic mass is 32.1. The summed E-state index contributed by atoms with van der Waals surface area (Å²) < 4.78 is 16.4. The second-order valence-corrected chi connectivity index (χ2v) is 7.37. The molecule has 8 nitrogen and oxygen atoms in total. The number of nitrogens with zero attached hydrogens (tertiary/aromatic N) is 3. The molecule has 0 fully saturated rings. The highest BCUT2D eigenvalue weighted by Crippen LogP contribution is 2.19. The summed E-state index contributed by atoms with van der Waals surface area (Å²) in [5, 5.41) is 20.6. The number of methoxy groups -OCH3 is 1. The minimum Gasteiger partial charge on any atom is -0.497 e. The van der Waals surface area contributed by atoms with Crippen molar-refractivity contribution in [2.45, 2.75) is 6.92 Å². The van der Waals surface area contributed by atoms with Crippen LogP contribution in [-0.4, -0.2) is 36.4 Å². The second-order valence-electron chi connectivity index (χ2n) is 6.19. The predicted octanol–water partition coefficient (Wildman–Crippen LogP) is 3.86. The third-order valence-electron chi connectivity index (χ3n) is 3.98. The van der Waals surface area contributed by atoms with Crippen LogP contribution in [0.4, 0.5) is 5.13 Å². The van der Waals surface area contributed by atoms with Gasteiger partial charge in [-0.15, -0.1) is 10.2 Å². The van der Waals surface area contributed by atoms with Crippen LogP contribution in [0.2, 0.25) is 0 Å². The van der Waals surface area contributed by atoms with Gasteiger partial charge in [0.05, 0.1) is 7.11 Å². The second kappa shape index (κ2) is 10.8. The molecule has 3 aromatic rings. The Kier molecular flexibility index (Phi) is 7.56. The van der Waals surface area contributed by atoms with Crippen LogP contribution in [0, 0.1) is 18.3 Å². The van der Waals surface area contributed by atoms with E-state index in [1.165, 1.54) is 17.4 Å². The zero-order valence-electron chi connectivity index (χ0n) is 17.0. The highest BCUT2D eigenvalue weighted by molar-refractivity contribution is 7.15. The summed E-state index contributed by atoms with van der Waals surface area (Å²) in [6, 6.07) is 16.3. The number of nitriles is 1. The van der Waals surface area contributed by atoms with Crippen molar-refractivity contribution < 1.29 is 19.0 Å². The lowest BCUT2D eigenvalue weighted by Gasteiger charge is -2.09. The summed E-state index contributed by atoms with van der Waals surface area (Å²) in [6.45, 7) is 2.54. The summed E-state index contributed by atoms with van der Waals surface area (Å²) >= 11 is 1.24. The quantitative estimate of drug-likeness (QED) is 0.308. The van der Waals surface area contributed by atoms with Crippen molar-refractivity contribution in [2.24, 2.45) is 0 Å². The van der Waals surface area contributed by atoms with Crippen molar-refractivity contribution in [1.29, 1.82) is 5.26 Å². The van der Waals surface area contributed by atoms with Gasteiger partial charge in [0.25, 0.3) is 5.91 Å². The van der Waals surface area contributed by atoms with E-state index in [4.69, 9.17) is 14.2 Å². The summed E-state index contributed by atoms with van der Waals surface area (Å²) in [5.41, 5.74) is 0.663. The maximum atomic E-state index is 12.2. The third kappa shape index (κ3) is 6.55. The number of hydrogen-bond donors (Lipinski definition) is 1. The minimum atomic E-state index is -0.533. The number of aromatic nitrogens is 2. The highest BCUT2D eigenvalue weighted by Gasteiger charge is 2.12. The van der Waals surface area contributed by atoms with Crippen LogP contribution in [0.25, 0.3) is 6.08 Å². The number of rotatable bonds is 9. The van der Waals surface area contributed by atoms with E-state index in [0.29, 0.717) is 29.7 Å². The molecule has 0 unspecified atom stereocenters. The number of hydrogen-bond acceptors (Lipinski definition) is 8. The van der Waals surface area contributed by atoms with Crippen molar-refractivity contribution in [3.05, 3.63) is 64.7 Å². The van der Waals surface area contributed by atoms with E-state index < -0.39 is 5.91 Å². The first-order chi connectivity index (χ1) is 15.1. The molecule has 0 aliphatic carbocycles. The van der Waals surface area contributed by atoms with Crippen LogP contribution in [0.3, 0.4) is 0 Å². The van der Waals surface area contributed by atoms with Crippen molar-refractivity contribution >= 4 is 28.5 Å². The Bertz CT molecular complexity index is 1090. The number of aryl methyl sites for hydroxylation is 1. The molecule has 9 heteroatoms. The van der Waals surface area contributed by atoms with E-state index in [0.717, 1.165) is 16.5 Å². The van der Waals surface area contributed by atoms with Crippen LogP contribution in [-0.2, 0) is 4.79 Å². The van der Waals surface area contributed by atoms with Crippen LogP contribution in [0.5, 0.6) is 17.2 Å². The van der Waals surface area contributed by atoms with Crippen molar-refractivity contribution in [3.8, 4) is 23.3 Å². The minimum absolute atomic E-state index is 0.0330. The number of amides is 1. The van der Waals surface area contributed by atoms with E-state index in [2.05, 4.69) is 15.5 Å². The Morgan fingerprint density at radius 3 is 2.13 bits per heavy atom. The number of anilines is 1. The fraction of sp³-hybridized carbons (Fsp3) is 0.182. The Balaban J connectivity index is 1.50. The van der Waals surface area contributed by atoms with E-state index in [-0.39, 0.29) is 5.57 Å². The van der Waals surface area contributed by atoms with Crippen LogP contribution in [0.1, 0.15) is 10.6 Å². The Morgan fingerprint density at radius 2 is 1.61 bits per heavy atom. The topological polar surface area (TPSA) is 106 Å². The summed E-state index contributed by atoms with van der Waals surface area (Å²) in [6.07, 6.45) is 1.50. The van der Waals surface area contributed by atoms with Crippen molar-refractivity contribution in [1.82, 2.24) is 10.2 Å². The molecule has 1 heterocycles. The van der Waals surface area contributed by atoms with Gasteiger partial charge in [-0.2, -0.15) is 5.26 Å². The van der Waals surface area contributed by atoms with Crippen LogP contribution >= 0.6 is 11.3 Å². The maximum Gasteiger partial charge on any atom is 0.268 e. The van der Waals surface area contributed by atoms with Crippen LogP contribution in [0.15, 0.2) is 54.1 Å². The normalized spacial score (nSPS) is 10.8. The third-order valence-corrected chi connectivity index (χ3v) is 4.74. The molecule has 0 saturated carbocycles. The molecule has 158 valence electrons. The molecule has 0 atom stereocenters. The number of carbonyl (C=O) groups excluding carboxylic acids is 1.